The van der Waals surface area contributed by atoms with Crippen molar-refractivity contribution in [1.82, 2.24) is 30.0 Å². The molecule has 4 rings (SSSR count). The molecule has 0 aliphatic heterocycles. The Balaban J connectivity index is 1.40. The van der Waals surface area contributed by atoms with Gasteiger partial charge in [-0.15, -0.1) is 5.10 Å². The van der Waals surface area contributed by atoms with Crippen LogP contribution >= 0.6 is 0 Å². The Morgan fingerprint density at radius 2 is 1.88 bits per heavy atom. The topological polar surface area (TPSA) is 103 Å². The molecule has 1 aliphatic rings. The predicted octanol–water partition coefficient (Wildman–Crippen LogP) is 2.13. The number of carbonyl (C=O) groups excluding carboxylic acids is 1. The minimum absolute atomic E-state index is 0.325. The Bertz CT molecular complexity index is 907. The van der Waals surface area contributed by atoms with Gasteiger partial charge in [-0.3, -0.25) is 10.00 Å². The molecule has 2 amide bonds. The minimum atomic E-state index is -0.325. The largest absolute Gasteiger partial charge is 0.324 e. The van der Waals surface area contributed by atoms with Crippen LogP contribution in [0, 0.1) is 0 Å². The Labute approximate surface area is 144 Å². The third-order valence-electron chi connectivity index (χ3n) is 4.17. The van der Waals surface area contributed by atoms with Crippen LogP contribution in [0.3, 0.4) is 0 Å². The molecule has 0 spiro atoms. The zero-order valence-electron chi connectivity index (χ0n) is 14.0. The fraction of sp³-hybridized carbons (Fsp3) is 0.312. The van der Waals surface area contributed by atoms with Crippen LogP contribution in [0.1, 0.15) is 24.5 Å². The van der Waals surface area contributed by atoms with Crippen LogP contribution in [-0.2, 0) is 14.1 Å². The van der Waals surface area contributed by atoms with E-state index in [4.69, 9.17) is 0 Å². The second-order valence-electron chi connectivity index (χ2n) is 6.13. The van der Waals surface area contributed by atoms with Crippen LogP contribution < -0.4 is 10.6 Å². The molecule has 1 saturated carbocycles. The lowest BCUT2D eigenvalue weighted by atomic mass is 10.2. The van der Waals surface area contributed by atoms with Gasteiger partial charge in [0.1, 0.15) is 0 Å². The molecule has 1 aromatic carbocycles. The number of hydrogen-bond acceptors (Lipinski definition) is 5. The van der Waals surface area contributed by atoms with Crippen LogP contribution in [0.15, 0.2) is 30.3 Å². The van der Waals surface area contributed by atoms with Crippen molar-refractivity contribution in [2.24, 2.45) is 14.1 Å². The quantitative estimate of drug-likeness (QED) is 0.758. The highest BCUT2D eigenvalue weighted by atomic mass is 16.2. The van der Waals surface area contributed by atoms with E-state index < -0.39 is 0 Å². The van der Waals surface area contributed by atoms with E-state index in [1.165, 1.54) is 12.8 Å². The number of nitrogens with zero attached hydrogens (tertiary/aromatic N) is 6. The molecule has 1 fully saturated rings. The standard InChI is InChI=1S/C16H18N8O/c1-23-13(10-3-4-10)9-14(20-23)18-16(25)17-12-7-5-11(6-8-12)15-19-21-22-24(15)2/h5-10H,3-4H2,1-2H3,(H2,17,18,20,25). The van der Waals surface area contributed by atoms with E-state index in [1.807, 2.05) is 29.9 Å². The summed E-state index contributed by atoms with van der Waals surface area (Å²) < 4.78 is 3.42. The summed E-state index contributed by atoms with van der Waals surface area (Å²) in [5, 5.41) is 21.3. The summed E-state index contributed by atoms with van der Waals surface area (Å²) in [4.78, 5) is 12.1. The van der Waals surface area contributed by atoms with Crippen LogP contribution in [0.4, 0.5) is 16.3 Å². The highest BCUT2D eigenvalue weighted by Gasteiger charge is 2.27. The van der Waals surface area contributed by atoms with Crippen LogP contribution in [0.25, 0.3) is 11.4 Å². The Morgan fingerprint density at radius 1 is 1.12 bits per heavy atom. The molecule has 2 N–H and O–H groups in total. The first-order chi connectivity index (χ1) is 12.1. The maximum Gasteiger partial charge on any atom is 0.324 e. The summed E-state index contributed by atoms with van der Waals surface area (Å²) in [5.41, 5.74) is 2.71. The number of amides is 2. The number of benzene rings is 1. The van der Waals surface area contributed by atoms with Crippen molar-refractivity contribution in [2.45, 2.75) is 18.8 Å². The maximum atomic E-state index is 12.1. The third kappa shape index (κ3) is 3.21. The summed E-state index contributed by atoms with van der Waals surface area (Å²) in [7, 11) is 3.68. The number of aromatic nitrogens is 6. The predicted molar refractivity (Wildman–Crippen MR) is 92.1 cm³/mol. The number of anilines is 2. The van der Waals surface area contributed by atoms with E-state index >= 15 is 0 Å². The van der Waals surface area contributed by atoms with Crippen LogP contribution in [0.2, 0.25) is 0 Å². The van der Waals surface area contributed by atoms with E-state index in [0.717, 1.165) is 11.3 Å². The van der Waals surface area contributed by atoms with Gasteiger partial charge in [0.05, 0.1) is 0 Å². The lowest BCUT2D eigenvalue weighted by Gasteiger charge is -2.06. The fourth-order valence-corrected chi connectivity index (χ4v) is 2.76. The molecule has 0 unspecified atom stereocenters. The van der Waals surface area contributed by atoms with E-state index in [2.05, 4.69) is 31.3 Å². The second kappa shape index (κ2) is 6.00. The summed E-state index contributed by atoms with van der Waals surface area (Å²) in [6.07, 6.45) is 2.39. The van der Waals surface area contributed by atoms with Gasteiger partial charge in [0.15, 0.2) is 11.6 Å². The second-order valence-corrected chi connectivity index (χ2v) is 6.13. The first-order valence-corrected chi connectivity index (χ1v) is 8.05. The maximum absolute atomic E-state index is 12.1. The molecule has 9 nitrogen and oxygen atoms in total. The first kappa shape index (κ1) is 15.3. The van der Waals surface area contributed by atoms with E-state index in [-0.39, 0.29) is 6.03 Å². The van der Waals surface area contributed by atoms with Crippen molar-refractivity contribution in [3.63, 3.8) is 0 Å². The number of hydrogen-bond donors (Lipinski definition) is 2. The van der Waals surface area contributed by atoms with Gasteiger partial charge in [-0.1, -0.05) is 0 Å². The molecule has 2 heterocycles. The van der Waals surface area contributed by atoms with Crippen molar-refractivity contribution in [1.29, 1.82) is 0 Å². The van der Waals surface area contributed by atoms with Gasteiger partial charge in [0.2, 0.25) is 0 Å². The van der Waals surface area contributed by atoms with Gasteiger partial charge in [0, 0.05) is 43.0 Å². The summed E-state index contributed by atoms with van der Waals surface area (Å²) in [6, 6.07) is 8.92. The Morgan fingerprint density at radius 3 is 2.52 bits per heavy atom. The zero-order chi connectivity index (χ0) is 17.4. The number of tetrazole rings is 1. The molecular weight excluding hydrogens is 320 g/mol. The number of aryl methyl sites for hydroxylation is 2. The molecule has 0 atom stereocenters. The van der Waals surface area contributed by atoms with E-state index in [0.29, 0.717) is 23.2 Å². The highest BCUT2D eigenvalue weighted by Crippen LogP contribution is 2.40. The molecule has 128 valence electrons. The zero-order valence-corrected chi connectivity index (χ0v) is 14.0. The first-order valence-electron chi connectivity index (χ1n) is 8.05. The average molecular weight is 338 g/mol. The molecule has 2 aromatic heterocycles. The van der Waals surface area contributed by atoms with Crippen molar-refractivity contribution < 1.29 is 4.79 Å². The van der Waals surface area contributed by atoms with E-state index in [9.17, 15) is 4.79 Å². The number of urea groups is 1. The molecule has 0 saturated heterocycles. The monoisotopic (exact) mass is 338 g/mol. The van der Waals surface area contributed by atoms with Gasteiger partial charge < -0.3 is 5.32 Å². The molecule has 9 heteroatoms. The van der Waals surface area contributed by atoms with Crippen LogP contribution in [0.5, 0.6) is 0 Å². The normalized spacial score (nSPS) is 13.7. The summed E-state index contributed by atoms with van der Waals surface area (Å²) in [6.45, 7) is 0. The SMILES string of the molecule is Cn1nc(NC(=O)Nc2ccc(-c3nnnn3C)cc2)cc1C1CC1. The highest BCUT2D eigenvalue weighted by molar-refractivity contribution is 5.99. The van der Waals surface area contributed by atoms with Crippen molar-refractivity contribution in [2.75, 3.05) is 10.6 Å². The molecule has 3 aromatic rings. The van der Waals surface area contributed by atoms with Gasteiger partial charge in [-0.2, -0.15) is 5.10 Å². The lowest BCUT2D eigenvalue weighted by molar-refractivity contribution is 0.262. The van der Waals surface area contributed by atoms with Gasteiger partial charge in [0.25, 0.3) is 0 Å². The molecule has 1 aliphatic carbocycles. The molecule has 25 heavy (non-hydrogen) atoms. The number of carbonyl (C=O) groups is 1. The average Bonchev–Trinajstić information content (AvgIpc) is 3.24. The third-order valence-corrected chi connectivity index (χ3v) is 4.17. The Hall–Kier alpha value is -3.23. The van der Waals surface area contributed by atoms with Crippen molar-refractivity contribution >= 4 is 17.5 Å². The van der Waals surface area contributed by atoms with Crippen LogP contribution in [-0.4, -0.2) is 36.0 Å². The van der Waals surface area contributed by atoms with Crippen molar-refractivity contribution in [3.05, 3.63) is 36.0 Å². The number of rotatable bonds is 4. The van der Waals surface area contributed by atoms with Gasteiger partial charge >= 0.3 is 6.03 Å². The lowest BCUT2D eigenvalue weighted by Crippen LogP contribution is -2.19. The summed E-state index contributed by atoms with van der Waals surface area (Å²) >= 11 is 0. The van der Waals surface area contributed by atoms with Gasteiger partial charge in [-0.25, -0.2) is 9.48 Å². The Kier molecular flexibility index (Phi) is 3.68. The fourth-order valence-electron chi connectivity index (χ4n) is 2.76. The van der Waals surface area contributed by atoms with Gasteiger partial charge in [-0.05, 0) is 47.5 Å². The summed E-state index contributed by atoms with van der Waals surface area (Å²) in [5.74, 6) is 1.81. The molecular formula is C16H18N8O. The van der Waals surface area contributed by atoms with E-state index in [1.54, 1.807) is 23.9 Å². The molecule has 0 bridgehead atoms. The smallest absolute Gasteiger partial charge is 0.308 e. The molecule has 0 radical (unpaired) electrons. The van der Waals surface area contributed by atoms with Crippen molar-refractivity contribution in [3.8, 4) is 11.4 Å². The number of nitrogens with one attached hydrogen (secondary N) is 2. The minimum Gasteiger partial charge on any atom is -0.308 e.